The molecule has 1 unspecified atom stereocenters. The number of rotatable bonds is 5. The molecule has 0 spiro atoms. The Morgan fingerprint density at radius 1 is 1.31 bits per heavy atom. The molecule has 0 fully saturated rings. The Morgan fingerprint density at radius 3 is 2.50 bits per heavy atom. The van der Waals surface area contributed by atoms with Crippen LogP contribution < -0.4 is 0 Å². The largest absolute Gasteiger partial charge is 0.103 e. The van der Waals surface area contributed by atoms with Crippen molar-refractivity contribution in [3.8, 4) is 0 Å². The average Bonchev–Trinajstić information content (AvgIpc) is 2.23. The molecule has 0 bridgehead atoms. The summed E-state index contributed by atoms with van der Waals surface area (Å²) in [6.45, 7) is 13.0. The second kappa shape index (κ2) is 5.89. The van der Waals surface area contributed by atoms with E-state index in [2.05, 4.69) is 52.5 Å². The van der Waals surface area contributed by atoms with Gasteiger partial charge in [-0.15, -0.1) is 6.58 Å². The van der Waals surface area contributed by atoms with Gasteiger partial charge in [0.1, 0.15) is 0 Å². The van der Waals surface area contributed by atoms with Gasteiger partial charge >= 0.3 is 0 Å². The Balaban J connectivity index is 3.21. The van der Waals surface area contributed by atoms with E-state index in [1.165, 1.54) is 17.5 Å². The first-order valence-electron chi connectivity index (χ1n) is 6.31. The van der Waals surface area contributed by atoms with E-state index in [9.17, 15) is 0 Å². The lowest BCUT2D eigenvalue weighted by molar-refractivity contribution is 0.481. The maximum absolute atomic E-state index is 3.86. The third-order valence-electron chi connectivity index (χ3n) is 3.39. The Morgan fingerprint density at radius 2 is 2.00 bits per heavy atom. The predicted molar refractivity (Wildman–Crippen MR) is 73.0 cm³/mol. The molecule has 0 aliphatic carbocycles. The normalized spacial score (nSPS) is 12.8. The standard InChI is InChI=1S/C16H24/c1-6-9-14-11-8-10-13(5)16(14)15(7-2)12(3)4/h6,8,10-12,15H,1,7,9H2,2-5H3. The zero-order chi connectivity index (χ0) is 12.1. The van der Waals surface area contributed by atoms with Crippen LogP contribution >= 0.6 is 0 Å². The molecule has 0 aromatic heterocycles. The minimum absolute atomic E-state index is 0.677. The van der Waals surface area contributed by atoms with Crippen molar-refractivity contribution in [1.29, 1.82) is 0 Å². The Labute approximate surface area is 100 Å². The van der Waals surface area contributed by atoms with Crippen LogP contribution in [0.4, 0.5) is 0 Å². The summed E-state index contributed by atoms with van der Waals surface area (Å²) in [5.41, 5.74) is 4.44. The summed E-state index contributed by atoms with van der Waals surface area (Å²) >= 11 is 0. The summed E-state index contributed by atoms with van der Waals surface area (Å²) in [6, 6.07) is 6.63. The van der Waals surface area contributed by atoms with Gasteiger partial charge in [0.15, 0.2) is 0 Å². The number of benzene rings is 1. The first-order valence-corrected chi connectivity index (χ1v) is 6.31. The lowest BCUT2D eigenvalue weighted by Gasteiger charge is -2.24. The SMILES string of the molecule is C=CCc1cccc(C)c1C(CC)C(C)C. The fraction of sp³-hybridized carbons (Fsp3) is 0.500. The molecule has 1 aromatic rings. The van der Waals surface area contributed by atoms with Gasteiger partial charge in [-0.05, 0) is 48.3 Å². The van der Waals surface area contributed by atoms with Crippen LogP contribution in [-0.4, -0.2) is 0 Å². The van der Waals surface area contributed by atoms with Crippen molar-refractivity contribution >= 4 is 0 Å². The van der Waals surface area contributed by atoms with Gasteiger partial charge in [0.25, 0.3) is 0 Å². The van der Waals surface area contributed by atoms with Crippen molar-refractivity contribution in [3.05, 3.63) is 47.5 Å². The van der Waals surface area contributed by atoms with E-state index >= 15 is 0 Å². The van der Waals surface area contributed by atoms with E-state index in [-0.39, 0.29) is 0 Å². The van der Waals surface area contributed by atoms with Gasteiger partial charge in [-0.25, -0.2) is 0 Å². The fourth-order valence-electron chi connectivity index (χ4n) is 2.61. The molecular weight excluding hydrogens is 192 g/mol. The minimum Gasteiger partial charge on any atom is -0.103 e. The second-order valence-electron chi connectivity index (χ2n) is 4.90. The number of aryl methyl sites for hydroxylation is 1. The van der Waals surface area contributed by atoms with Crippen LogP contribution in [0.2, 0.25) is 0 Å². The molecule has 0 N–H and O–H groups in total. The van der Waals surface area contributed by atoms with Crippen LogP contribution in [0.25, 0.3) is 0 Å². The second-order valence-corrected chi connectivity index (χ2v) is 4.90. The van der Waals surface area contributed by atoms with Gasteiger partial charge in [-0.3, -0.25) is 0 Å². The number of allylic oxidation sites excluding steroid dienone is 1. The van der Waals surface area contributed by atoms with Crippen molar-refractivity contribution in [2.45, 2.75) is 46.5 Å². The molecule has 0 heteroatoms. The first kappa shape index (κ1) is 13.0. The minimum atomic E-state index is 0.677. The summed E-state index contributed by atoms with van der Waals surface area (Å²) in [5, 5.41) is 0. The van der Waals surface area contributed by atoms with Gasteiger partial charge in [0.05, 0.1) is 0 Å². The zero-order valence-corrected chi connectivity index (χ0v) is 11.1. The highest BCUT2D eigenvalue weighted by molar-refractivity contribution is 5.38. The highest BCUT2D eigenvalue weighted by Crippen LogP contribution is 2.32. The molecule has 16 heavy (non-hydrogen) atoms. The quantitative estimate of drug-likeness (QED) is 0.616. The van der Waals surface area contributed by atoms with Crippen LogP contribution in [0.3, 0.4) is 0 Å². The zero-order valence-electron chi connectivity index (χ0n) is 11.1. The Kier molecular flexibility index (Phi) is 4.79. The van der Waals surface area contributed by atoms with Gasteiger partial charge in [0, 0.05) is 0 Å². The topological polar surface area (TPSA) is 0 Å². The third kappa shape index (κ3) is 2.75. The maximum Gasteiger partial charge on any atom is -0.00972 e. The smallest absolute Gasteiger partial charge is 0.00972 e. The van der Waals surface area contributed by atoms with Crippen molar-refractivity contribution < 1.29 is 0 Å². The molecule has 1 aromatic carbocycles. The Bertz CT molecular complexity index is 347. The monoisotopic (exact) mass is 216 g/mol. The van der Waals surface area contributed by atoms with Crippen LogP contribution in [0.15, 0.2) is 30.9 Å². The lowest BCUT2D eigenvalue weighted by Crippen LogP contribution is -2.10. The van der Waals surface area contributed by atoms with Gasteiger partial charge in [0.2, 0.25) is 0 Å². The van der Waals surface area contributed by atoms with Crippen molar-refractivity contribution in [1.82, 2.24) is 0 Å². The maximum atomic E-state index is 3.86. The van der Waals surface area contributed by atoms with E-state index in [4.69, 9.17) is 0 Å². The molecule has 0 aliphatic rings. The fourth-order valence-corrected chi connectivity index (χ4v) is 2.61. The molecule has 1 rings (SSSR count). The van der Waals surface area contributed by atoms with E-state index in [1.54, 1.807) is 5.56 Å². The van der Waals surface area contributed by atoms with Gasteiger partial charge in [-0.1, -0.05) is 45.0 Å². The molecule has 0 radical (unpaired) electrons. The predicted octanol–water partition coefficient (Wildman–Crippen LogP) is 4.87. The Hall–Kier alpha value is -1.04. The van der Waals surface area contributed by atoms with E-state index in [0.717, 1.165) is 6.42 Å². The van der Waals surface area contributed by atoms with Crippen LogP contribution in [0.1, 0.15) is 49.8 Å². The van der Waals surface area contributed by atoms with Crippen LogP contribution in [0.5, 0.6) is 0 Å². The molecule has 0 aliphatic heterocycles. The molecule has 0 saturated heterocycles. The van der Waals surface area contributed by atoms with Crippen LogP contribution in [-0.2, 0) is 6.42 Å². The number of hydrogen-bond acceptors (Lipinski definition) is 0. The lowest BCUT2D eigenvalue weighted by atomic mass is 9.81. The summed E-state index contributed by atoms with van der Waals surface area (Å²) < 4.78 is 0. The molecule has 0 amide bonds. The molecule has 1 atom stereocenters. The summed E-state index contributed by atoms with van der Waals surface area (Å²) in [4.78, 5) is 0. The van der Waals surface area contributed by atoms with E-state index in [1.807, 2.05) is 6.08 Å². The van der Waals surface area contributed by atoms with Crippen molar-refractivity contribution in [2.24, 2.45) is 5.92 Å². The summed E-state index contributed by atoms with van der Waals surface area (Å²) in [7, 11) is 0. The van der Waals surface area contributed by atoms with Gasteiger partial charge in [-0.2, -0.15) is 0 Å². The van der Waals surface area contributed by atoms with Crippen LogP contribution in [0, 0.1) is 12.8 Å². The highest BCUT2D eigenvalue weighted by Gasteiger charge is 2.18. The van der Waals surface area contributed by atoms with Crippen molar-refractivity contribution in [3.63, 3.8) is 0 Å². The average molecular weight is 216 g/mol. The van der Waals surface area contributed by atoms with E-state index < -0.39 is 0 Å². The molecule has 88 valence electrons. The summed E-state index contributed by atoms with van der Waals surface area (Å²) in [5.74, 6) is 1.38. The molecule has 0 nitrogen and oxygen atoms in total. The van der Waals surface area contributed by atoms with Gasteiger partial charge < -0.3 is 0 Å². The highest BCUT2D eigenvalue weighted by atomic mass is 14.2. The molecule has 0 heterocycles. The number of hydrogen-bond donors (Lipinski definition) is 0. The van der Waals surface area contributed by atoms with Crippen molar-refractivity contribution in [2.75, 3.05) is 0 Å². The third-order valence-corrected chi connectivity index (χ3v) is 3.39. The molecule has 0 saturated carbocycles. The summed E-state index contributed by atoms with van der Waals surface area (Å²) in [6.07, 6.45) is 4.21. The van der Waals surface area contributed by atoms with E-state index in [0.29, 0.717) is 11.8 Å². The molecular formula is C16H24. The first-order chi connectivity index (χ1) is 7.61.